The van der Waals surface area contributed by atoms with Crippen LogP contribution in [0.4, 0.5) is 4.79 Å². The zero-order valence-corrected chi connectivity index (χ0v) is 7.64. The van der Waals surface area contributed by atoms with Gasteiger partial charge in [-0.15, -0.1) is 12.4 Å². The monoisotopic (exact) mass is 194 g/mol. The summed E-state index contributed by atoms with van der Waals surface area (Å²) in [4.78, 5) is 10.2. The Morgan fingerprint density at radius 3 is 2.67 bits per heavy atom. The Bertz CT molecular complexity index is 154. The second-order valence-corrected chi connectivity index (χ2v) is 3.07. The fraction of sp³-hybridized carbons (Fsp3) is 0.857. The molecule has 1 saturated carbocycles. The molecule has 1 rings (SSSR count). The number of rotatable bonds is 1. The third kappa shape index (κ3) is 3.78. The van der Waals surface area contributed by atoms with Crippen LogP contribution < -0.4 is 11.1 Å². The first-order valence-corrected chi connectivity index (χ1v) is 3.93. The van der Waals surface area contributed by atoms with Crippen molar-refractivity contribution in [3.05, 3.63) is 0 Å². The minimum absolute atomic E-state index is 0. The van der Waals surface area contributed by atoms with Crippen LogP contribution in [0, 0.1) is 0 Å². The molecule has 0 aromatic heterocycles. The molecule has 4 N–H and O–H groups in total. The molecule has 12 heavy (non-hydrogen) atoms. The molecule has 0 aromatic rings. The Morgan fingerprint density at radius 1 is 1.50 bits per heavy atom. The number of carboxylic acid groups (broad SMARTS) is 1. The Morgan fingerprint density at radius 2 is 2.17 bits per heavy atom. The van der Waals surface area contributed by atoms with E-state index in [0.29, 0.717) is 0 Å². The molecule has 1 aliphatic rings. The van der Waals surface area contributed by atoms with Crippen molar-refractivity contribution in [2.75, 3.05) is 0 Å². The van der Waals surface area contributed by atoms with E-state index >= 15 is 0 Å². The normalized spacial score (nSPS) is 28.8. The Hall–Kier alpha value is -0.480. The third-order valence-corrected chi connectivity index (χ3v) is 2.04. The van der Waals surface area contributed by atoms with Gasteiger partial charge in [0.1, 0.15) is 0 Å². The predicted molar refractivity (Wildman–Crippen MR) is 48.6 cm³/mol. The summed E-state index contributed by atoms with van der Waals surface area (Å²) < 4.78 is 0. The summed E-state index contributed by atoms with van der Waals surface area (Å²) in [7, 11) is 0. The summed E-state index contributed by atoms with van der Waals surface area (Å²) >= 11 is 0. The summed E-state index contributed by atoms with van der Waals surface area (Å²) in [6.45, 7) is 0. The van der Waals surface area contributed by atoms with Crippen LogP contribution in [-0.2, 0) is 0 Å². The van der Waals surface area contributed by atoms with E-state index in [9.17, 15) is 4.79 Å². The molecule has 72 valence electrons. The van der Waals surface area contributed by atoms with E-state index in [-0.39, 0.29) is 24.5 Å². The minimum Gasteiger partial charge on any atom is -0.465 e. The van der Waals surface area contributed by atoms with Crippen molar-refractivity contribution >= 4 is 18.5 Å². The van der Waals surface area contributed by atoms with E-state index in [1.54, 1.807) is 0 Å². The molecule has 0 radical (unpaired) electrons. The van der Waals surface area contributed by atoms with E-state index in [0.717, 1.165) is 25.7 Å². The van der Waals surface area contributed by atoms with Crippen molar-refractivity contribution in [3.8, 4) is 0 Å². The Labute approximate surface area is 77.9 Å². The van der Waals surface area contributed by atoms with Gasteiger partial charge in [-0.1, -0.05) is 0 Å². The molecule has 0 saturated heterocycles. The molecule has 2 atom stereocenters. The maximum absolute atomic E-state index is 10.2. The molecule has 1 aliphatic carbocycles. The average Bonchev–Trinajstić information content (AvgIpc) is 1.85. The lowest BCUT2D eigenvalue weighted by Gasteiger charge is -2.26. The van der Waals surface area contributed by atoms with Gasteiger partial charge in [-0.25, -0.2) is 4.79 Å². The maximum Gasteiger partial charge on any atom is 0.404 e. The number of halogens is 1. The van der Waals surface area contributed by atoms with Crippen LogP contribution in [0.5, 0.6) is 0 Å². The molecule has 0 heterocycles. The van der Waals surface area contributed by atoms with Crippen LogP contribution in [0.3, 0.4) is 0 Å². The van der Waals surface area contributed by atoms with Gasteiger partial charge in [-0.05, 0) is 25.7 Å². The number of nitrogens with one attached hydrogen (secondary N) is 1. The molecule has 1 unspecified atom stereocenters. The zero-order valence-electron chi connectivity index (χ0n) is 6.82. The summed E-state index contributed by atoms with van der Waals surface area (Å²) in [5, 5.41) is 10.8. The lowest BCUT2D eigenvalue weighted by Crippen LogP contribution is -2.41. The zero-order chi connectivity index (χ0) is 8.27. The molecule has 1 amide bonds. The van der Waals surface area contributed by atoms with Crippen LogP contribution in [0.2, 0.25) is 0 Å². The minimum atomic E-state index is -0.941. The van der Waals surface area contributed by atoms with Gasteiger partial charge in [0.15, 0.2) is 0 Å². The van der Waals surface area contributed by atoms with Crippen molar-refractivity contribution in [3.63, 3.8) is 0 Å². The highest BCUT2D eigenvalue weighted by Crippen LogP contribution is 2.16. The quantitative estimate of drug-likeness (QED) is 0.582. The maximum atomic E-state index is 10.2. The lowest BCUT2D eigenvalue weighted by atomic mass is 9.92. The van der Waals surface area contributed by atoms with Gasteiger partial charge >= 0.3 is 6.09 Å². The van der Waals surface area contributed by atoms with Crippen LogP contribution >= 0.6 is 12.4 Å². The number of nitrogens with two attached hydrogens (primary N) is 1. The van der Waals surface area contributed by atoms with Crippen molar-refractivity contribution in [2.45, 2.75) is 37.8 Å². The fourth-order valence-corrected chi connectivity index (χ4v) is 1.53. The van der Waals surface area contributed by atoms with Crippen LogP contribution in [0.25, 0.3) is 0 Å². The van der Waals surface area contributed by atoms with E-state index in [1.807, 2.05) is 0 Å². The smallest absolute Gasteiger partial charge is 0.404 e. The van der Waals surface area contributed by atoms with Gasteiger partial charge in [-0.3, -0.25) is 0 Å². The third-order valence-electron chi connectivity index (χ3n) is 2.04. The SMILES string of the molecule is Cl.N[C@@H]1CCCC(NC(=O)O)C1. The highest BCUT2D eigenvalue weighted by molar-refractivity contribution is 5.85. The first-order chi connectivity index (χ1) is 5.18. The van der Waals surface area contributed by atoms with Gasteiger partial charge in [-0.2, -0.15) is 0 Å². The summed E-state index contributed by atoms with van der Waals surface area (Å²) in [6.07, 6.45) is 2.83. The second-order valence-electron chi connectivity index (χ2n) is 3.07. The van der Waals surface area contributed by atoms with Crippen molar-refractivity contribution < 1.29 is 9.90 Å². The molecule has 0 aliphatic heterocycles. The van der Waals surface area contributed by atoms with Crippen LogP contribution in [-0.4, -0.2) is 23.3 Å². The van der Waals surface area contributed by atoms with Crippen molar-refractivity contribution in [1.82, 2.24) is 5.32 Å². The molecule has 0 aromatic carbocycles. The lowest BCUT2D eigenvalue weighted by molar-refractivity contribution is 0.184. The van der Waals surface area contributed by atoms with Crippen molar-refractivity contribution in [2.24, 2.45) is 5.73 Å². The molecule has 0 spiro atoms. The van der Waals surface area contributed by atoms with Gasteiger partial charge < -0.3 is 16.2 Å². The summed E-state index contributed by atoms with van der Waals surface area (Å²) in [5.41, 5.74) is 5.67. The number of amides is 1. The fourth-order valence-electron chi connectivity index (χ4n) is 1.53. The highest BCUT2D eigenvalue weighted by Gasteiger charge is 2.19. The van der Waals surface area contributed by atoms with Crippen molar-refractivity contribution in [1.29, 1.82) is 0 Å². The molecule has 1 fully saturated rings. The average molecular weight is 195 g/mol. The number of hydrogen-bond acceptors (Lipinski definition) is 2. The van der Waals surface area contributed by atoms with Gasteiger partial charge in [0.25, 0.3) is 0 Å². The molecule has 5 heteroatoms. The van der Waals surface area contributed by atoms with E-state index in [2.05, 4.69) is 5.32 Å². The molecule has 0 bridgehead atoms. The van der Waals surface area contributed by atoms with E-state index < -0.39 is 6.09 Å². The van der Waals surface area contributed by atoms with Gasteiger partial charge in [0.05, 0.1) is 0 Å². The van der Waals surface area contributed by atoms with E-state index in [4.69, 9.17) is 10.8 Å². The largest absolute Gasteiger partial charge is 0.465 e. The molecule has 4 nitrogen and oxygen atoms in total. The predicted octanol–water partition coefficient (Wildman–Crippen LogP) is 0.946. The number of hydrogen-bond donors (Lipinski definition) is 3. The second kappa shape index (κ2) is 5.22. The first-order valence-electron chi connectivity index (χ1n) is 3.93. The Balaban J connectivity index is 0.00000121. The molecular formula is C7H15ClN2O2. The van der Waals surface area contributed by atoms with Crippen LogP contribution in [0.1, 0.15) is 25.7 Å². The van der Waals surface area contributed by atoms with E-state index in [1.165, 1.54) is 0 Å². The Kier molecular flexibility index (Phi) is 5.01. The number of carbonyl (C=O) groups is 1. The summed E-state index contributed by atoms with van der Waals surface area (Å²) in [5.74, 6) is 0. The van der Waals surface area contributed by atoms with Crippen LogP contribution in [0.15, 0.2) is 0 Å². The first kappa shape index (κ1) is 11.5. The van der Waals surface area contributed by atoms with Gasteiger partial charge in [0, 0.05) is 12.1 Å². The molecular weight excluding hydrogens is 180 g/mol. The summed E-state index contributed by atoms with van der Waals surface area (Å²) in [6, 6.07) is 0.261. The van der Waals surface area contributed by atoms with Gasteiger partial charge in [0.2, 0.25) is 0 Å². The highest BCUT2D eigenvalue weighted by atomic mass is 35.5. The standard InChI is InChI=1S/C7H14N2O2.ClH/c8-5-2-1-3-6(4-5)9-7(10)11;/h5-6,9H,1-4,8H2,(H,10,11);1H/t5-,6?;/m1./s1. The topological polar surface area (TPSA) is 75.3 Å².